The molecule has 5 rings (SSSR count). The van der Waals surface area contributed by atoms with Crippen molar-refractivity contribution in [1.29, 1.82) is 0 Å². The van der Waals surface area contributed by atoms with Gasteiger partial charge in [0.25, 0.3) is 23.9 Å². The summed E-state index contributed by atoms with van der Waals surface area (Å²) < 4.78 is 0. The van der Waals surface area contributed by atoms with Crippen LogP contribution in [0.15, 0.2) is 0 Å². The Morgan fingerprint density at radius 3 is 0.671 bits per heavy atom. The van der Waals surface area contributed by atoms with Crippen molar-refractivity contribution < 1.29 is 111 Å². The molecular weight excluding hydrogens is 1800 g/mol. The third-order valence-corrected chi connectivity index (χ3v) is 19.5. The van der Waals surface area contributed by atoms with Crippen molar-refractivity contribution in [2.24, 2.45) is 130 Å². The van der Waals surface area contributed by atoms with Crippen molar-refractivity contribution in [3.8, 4) is 0 Å². The van der Waals surface area contributed by atoms with Gasteiger partial charge < -0.3 is 74.4 Å². The summed E-state index contributed by atoms with van der Waals surface area (Å²) >= 11 is 5.89. The molecule has 79 heavy (non-hydrogen) atoms. The fourth-order valence-corrected chi connectivity index (χ4v) is 11.0. The van der Waals surface area contributed by atoms with Gasteiger partial charge in [-0.05, 0) is 124 Å². The van der Waals surface area contributed by atoms with Gasteiger partial charge in [0.05, 0.1) is 0 Å². The first kappa shape index (κ1) is 105. The molecule has 6 N–H and O–H groups in total. The molecule has 18 heteroatoms. The molecule has 0 bridgehead atoms. The fourth-order valence-electron chi connectivity index (χ4n) is 11.0. The quantitative estimate of drug-likeness (QED) is 0.188. The molecule has 5 aliphatic carbocycles. The van der Waals surface area contributed by atoms with Crippen LogP contribution in [0, 0.1) is 173 Å². The molecular formula is C61H122Cl4Ir4N2O8. The number of carbonyl (C=O) groups is 4. The van der Waals surface area contributed by atoms with E-state index in [0.717, 1.165) is 138 Å². The third-order valence-electron chi connectivity index (χ3n) is 19.5. The zero-order valence-corrected chi connectivity index (χ0v) is 66.8. The van der Waals surface area contributed by atoms with Gasteiger partial charge in [-0.1, -0.05) is 190 Å². The molecule has 0 spiro atoms. The van der Waals surface area contributed by atoms with Crippen molar-refractivity contribution in [3.63, 3.8) is 0 Å². The second-order valence-corrected chi connectivity index (χ2v) is 22.9. The van der Waals surface area contributed by atoms with Crippen molar-refractivity contribution >= 4 is 62.2 Å². The Kier molecular flexibility index (Phi) is 81.7. The van der Waals surface area contributed by atoms with Crippen LogP contribution in [0.2, 0.25) is 0 Å². The Balaban J connectivity index is -0.0000000729. The number of nitrogens with one attached hydrogen (secondary N) is 2. The maximum atomic E-state index is 10.2. The number of carboxylic acid groups (broad SMARTS) is 4. The summed E-state index contributed by atoms with van der Waals surface area (Å²) in [7, 11) is 18.6. The van der Waals surface area contributed by atoms with Crippen molar-refractivity contribution in [2.75, 3.05) is 6.54 Å². The van der Waals surface area contributed by atoms with Gasteiger partial charge in [-0.15, -0.1) is 0 Å². The molecule has 5 saturated carbocycles. The van der Waals surface area contributed by atoms with Crippen molar-refractivity contribution in [3.05, 3.63) is 54.0 Å². The maximum Gasteiger partial charge on any atom is 0.282 e. The minimum absolute atomic E-state index is 0. The Bertz CT molecular complexity index is 1090. The van der Waals surface area contributed by atoms with Crippen LogP contribution in [0.4, 0.5) is 0 Å². The van der Waals surface area contributed by atoms with Gasteiger partial charge in [0.1, 0.15) is 0 Å². The molecule has 0 amide bonds. The zero-order chi connectivity index (χ0) is 61.5. The molecule has 0 aromatic rings. The van der Waals surface area contributed by atoms with E-state index >= 15 is 0 Å². The van der Waals surface area contributed by atoms with Gasteiger partial charge in [-0.2, -0.15) is 13.3 Å². The summed E-state index contributed by atoms with van der Waals surface area (Å²) in [6.45, 7) is 52.6. The fraction of sp³-hybridized carbons (Fsp3) is 0.836. The van der Waals surface area contributed by atoms with Crippen LogP contribution in [0.1, 0.15) is 185 Å². The molecule has 0 aliphatic heterocycles. The van der Waals surface area contributed by atoms with E-state index < -0.39 is 36.5 Å². The van der Waals surface area contributed by atoms with Crippen LogP contribution >= 0.6 is 38.3 Å². The number of hydrogen-bond donors (Lipinski definition) is 4. The van der Waals surface area contributed by atoms with Gasteiger partial charge >= 0.3 is 110 Å². The molecule has 0 heterocycles. The van der Waals surface area contributed by atoms with Crippen LogP contribution in [0.5, 0.6) is 0 Å². The first-order valence-electron chi connectivity index (χ1n) is 27.0. The van der Waals surface area contributed by atoms with E-state index in [9.17, 15) is 19.2 Å². The normalized spacial score (nSPS) is 33.8. The molecule has 0 aromatic heterocycles. The van der Waals surface area contributed by atoms with Gasteiger partial charge in [0, 0.05) is 0 Å². The minimum atomic E-state index is -1.08. The predicted molar refractivity (Wildman–Crippen MR) is 331 cm³/mol. The molecule has 0 aromatic carbocycles. The van der Waals surface area contributed by atoms with Crippen LogP contribution in [-0.4, -0.2) is 56.9 Å². The Morgan fingerprint density at radius 1 is 0.456 bits per heavy atom. The summed E-state index contributed by atoms with van der Waals surface area (Å²) in [5, 5.41) is 32.0. The largest absolute Gasteiger partial charge is 0.668 e. The van der Waals surface area contributed by atoms with Gasteiger partial charge in [-0.3, -0.25) is 19.2 Å². The van der Waals surface area contributed by atoms with E-state index in [0.29, 0.717) is 0 Å². The first-order valence-corrected chi connectivity index (χ1v) is 38.8. The van der Waals surface area contributed by atoms with E-state index in [1.807, 2.05) is 6.42 Å². The van der Waals surface area contributed by atoms with Crippen molar-refractivity contribution in [2.45, 2.75) is 191 Å². The Hall–Kier alpha value is 1.56. The third kappa shape index (κ3) is 42.9. The first-order chi connectivity index (χ1) is 34.6. The van der Waals surface area contributed by atoms with Gasteiger partial charge in [0.2, 0.25) is 0 Å². The topological polar surface area (TPSA) is 197 Å². The number of aliphatic carboxylic acids is 4. The standard InChI is InChI=1S/4C10H20.C6H9O2.C5H10NO2.C4H7O2.C2H4NO2.4CH3.4ClH.4Ir/c4*1-6-7(2)9(4)10(5)8(6)3;7-6(8)5-3-1-2-4-5;1-3(2)4(6)5(7)8;1-2-3-4(5)6;3-1-2(4)5;;;;;;;;;;;;/h4*6-10H,1-5H3;3,5H,1-2,4H2,(H,7,8);3-4,6H,1-2H3,(H,7,8);2H,3H2,1H3,(H,5,6);3H,1H2,(H,4,5);4*1H3;4*1H;;;;/q;;;;8*-1;;;;;4*+3/p-4. The SMILES string of the molecule is CC(C)C([NH-])C(=O)O.CC1C(C)C(C)C(C)C1C.CC1C(C)C(C)C(C)C1C.CC1C(C)C(C)C(C)C1C.CC1C(C)C(C)C(C)C1C.C[CH-]CC(=O)O.O=C(O)C1[CH-]CCC1.[CH3-].[CH3-].[CH3-].[CH3-].[Cl][Ir+2].[Cl][Ir+2].[Cl][Ir+2].[Cl][Ir+2].[NH-]CC(=O)O. The number of carboxylic acids is 4. The molecule has 2 unspecified atom stereocenters. The van der Waals surface area contributed by atoms with E-state index in [-0.39, 0.29) is 48.0 Å². The summed E-state index contributed by atoms with van der Waals surface area (Å²) in [5.41, 5.74) is 12.9. The summed E-state index contributed by atoms with van der Waals surface area (Å²) in [5.74, 6) is 14.9. The van der Waals surface area contributed by atoms with Gasteiger partial charge in [0.15, 0.2) is 0 Å². The van der Waals surface area contributed by atoms with E-state index in [2.05, 4.69) is 177 Å². The summed E-state index contributed by atoms with van der Waals surface area (Å²) in [6, 6.07) is -0.963. The van der Waals surface area contributed by atoms with E-state index in [1.165, 1.54) is 71.6 Å². The number of rotatable bonds is 6. The second kappa shape index (κ2) is 61.2. The molecule has 5 aliphatic rings. The summed E-state index contributed by atoms with van der Waals surface area (Å²) in [4.78, 5) is 38.9. The number of halogens is 4. The predicted octanol–water partition coefficient (Wildman–Crippen LogP) is 20.3. The second-order valence-electron chi connectivity index (χ2n) is 22.9. The van der Waals surface area contributed by atoms with Crippen LogP contribution in [-0.2, 0) is 90.7 Å². The molecule has 10 nitrogen and oxygen atoms in total. The van der Waals surface area contributed by atoms with Crippen molar-refractivity contribution in [1.82, 2.24) is 0 Å². The minimum Gasteiger partial charge on any atom is -0.668 e. The molecule has 0 radical (unpaired) electrons. The summed E-state index contributed by atoms with van der Waals surface area (Å²) in [6.07, 6.45) is 6.52. The monoisotopic (exact) mass is 1920 g/mol. The Morgan fingerprint density at radius 2 is 0.633 bits per heavy atom. The number of hydrogen-bond acceptors (Lipinski definition) is 4. The van der Waals surface area contributed by atoms with Crippen LogP contribution in [0.3, 0.4) is 0 Å². The van der Waals surface area contributed by atoms with Crippen LogP contribution in [0.25, 0.3) is 11.5 Å². The van der Waals surface area contributed by atoms with Crippen LogP contribution < -0.4 is 0 Å². The maximum absolute atomic E-state index is 10.2. The molecule has 2 atom stereocenters. The Labute approximate surface area is 550 Å². The zero-order valence-electron chi connectivity index (χ0n) is 54.2. The van der Waals surface area contributed by atoms with E-state index in [4.69, 9.17) is 31.9 Å². The molecule has 5 fully saturated rings. The average molecular weight is 1920 g/mol. The molecule has 0 saturated heterocycles. The molecule has 488 valence electrons. The van der Waals surface area contributed by atoms with E-state index in [1.54, 1.807) is 27.2 Å². The average Bonchev–Trinajstić information content (AvgIpc) is 4.13. The smallest absolute Gasteiger partial charge is 0.282 e. The van der Waals surface area contributed by atoms with Gasteiger partial charge in [-0.25, -0.2) is 0 Å².